The quantitative estimate of drug-likeness (QED) is 0.303. The molecule has 1 aliphatic heterocycles. The van der Waals surface area contributed by atoms with Gasteiger partial charge in [-0.05, 0) is 63.5 Å². The number of fused-ring (bicyclic) bond motifs is 2. The Morgan fingerprint density at radius 2 is 1.88 bits per heavy atom. The van der Waals surface area contributed by atoms with Crippen LogP contribution >= 0.6 is 22.6 Å². The van der Waals surface area contributed by atoms with Gasteiger partial charge in [-0.2, -0.15) is 0 Å². The summed E-state index contributed by atoms with van der Waals surface area (Å²) in [6, 6.07) is 16.3. The number of aryl methyl sites for hydroxylation is 1. The lowest BCUT2D eigenvalue weighted by Crippen LogP contribution is -2.22. The van der Waals surface area contributed by atoms with Crippen LogP contribution in [0.15, 0.2) is 54.6 Å². The molecular formula is C26H21IN2O5. The van der Waals surface area contributed by atoms with Gasteiger partial charge in [0.1, 0.15) is 17.1 Å². The number of amides is 1. The zero-order valence-electron chi connectivity index (χ0n) is 18.3. The Balaban J connectivity index is 1.37. The highest BCUT2D eigenvalue weighted by atomic mass is 127. The van der Waals surface area contributed by atoms with Gasteiger partial charge in [-0.1, -0.05) is 24.3 Å². The predicted molar refractivity (Wildman–Crippen MR) is 137 cm³/mol. The fraction of sp³-hybridized carbons (Fsp3) is 0.154. The number of benzene rings is 3. The highest BCUT2D eigenvalue weighted by Crippen LogP contribution is 2.37. The van der Waals surface area contributed by atoms with Crippen LogP contribution in [-0.4, -0.2) is 33.3 Å². The first kappa shape index (κ1) is 22.3. The van der Waals surface area contributed by atoms with Crippen molar-refractivity contribution in [1.29, 1.82) is 0 Å². The molecule has 0 spiro atoms. The number of hydrogen-bond acceptors (Lipinski definition) is 4. The van der Waals surface area contributed by atoms with Gasteiger partial charge in [-0.3, -0.25) is 4.79 Å². The van der Waals surface area contributed by atoms with Gasteiger partial charge in [0, 0.05) is 40.6 Å². The molecule has 5 rings (SSSR count). The maximum absolute atomic E-state index is 12.7. The molecule has 0 saturated heterocycles. The first-order valence-electron chi connectivity index (χ1n) is 10.7. The largest absolute Gasteiger partial charge is 0.507 e. The number of rotatable bonds is 5. The smallest absolute Gasteiger partial charge is 0.339 e. The number of aromatic nitrogens is 1. The maximum atomic E-state index is 12.7. The van der Waals surface area contributed by atoms with Gasteiger partial charge in [0.15, 0.2) is 0 Å². The number of carboxylic acids is 1. The van der Waals surface area contributed by atoms with Crippen molar-refractivity contribution in [3.63, 3.8) is 0 Å². The van der Waals surface area contributed by atoms with Crippen molar-refractivity contribution in [2.75, 3.05) is 6.61 Å². The number of aromatic carboxylic acids is 1. The van der Waals surface area contributed by atoms with E-state index in [0.29, 0.717) is 18.7 Å². The standard InChI is InChI=1S/C26H21IN2O5/c1-29-20-12-21(30)19(26(32)33)11-18(20)23(27)24(29)16-4-6-17(7-5-16)25(31)28-13-14-2-3-15-8-9-34-22(15)10-14/h2-7,10-12,30H,8-9,13H2,1H3,(H,28,31)(H,32,33). The lowest BCUT2D eigenvalue weighted by Gasteiger charge is -2.09. The third-order valence-corrected chi connectivity index (χ3v) is 7.21. The molecule has 1 aromatic heterocycles. The molecular weight excluding hydrogens is 547 g/mol. The minimum atomic E-state index is -1.18. The van der Waals surface area contributed by atoms with E-state index in [9.17, 15) is 19.8 Å². The van der Waals surface area contributed by atoms with Crippen LogP contribution in [-0.2, 0) is 20.0 Å². The third-order valence-electron chi connectivity index (χ3n) is 6.12. The average Bonchev–Trinajstić information content (AvgIpc) is 3.39. The number of carboxylic acid groups (broad SMARTS) is 1. The summed E-state index contributed by atoms with van der Waals surface area (Å²) >= 11 is 2.18. The van der Waals surface area contributed by atoms with Crippen LogP contribution in [0.3, 0.4) is 0 Å². The van der Waals surface area contributed by atoms with Crippen LogP contribution in [0.4, 0.5) is 0 Å². The number of halogens is 1. The van der Waals surface area contributed by atoms with E-state index in [1.165, 1.54) is 17.7 Å². The maximum Gasteiger partial charge on any atom is 0.339 e. The monoisotopic (exact) mass is 568 g/mol. The summed E-state index contributed by atoms with van der Waals surface area (Å²) in [6.07, 6.45) is 0.922. The number of nitrogens with one attached hydrogen (secondary N) is 1. The molecule has 0 saturated carbocycles. The number of nitrogens with zero attached hydrogens (tertiary/aromatic N) is 1. The van der Waals surface area contributed by atoms with Gasteiger partial charge in [0.05, 0.1) is 17.8 Å². The molecule has 172 valence electrons. The second-order valence-corrected chi connectivity index (χ2v) is 9.29. The molecule has 0 bridgehead atoms. The van der Waals surface area contributed by atoms with E-state index in [2.05, 4.69) is 27.9 Å². The third kappa shape index (κ3) is 3.87. The second-order valence-electron chi connectivity index (χ2n) is 8.21. The van der Waals surface area contributed by atoms with Crippen LogP contribution in [0.25, 0.3) is 22.2 Å². The fourth-order valence-electron chi connectivity index (χ4n) is 4.30. The van der Waals surface area contributed by atoms with E-state index < -0.39 is 5.97 Å². The molecule has 3 N–H and O–H groups in total. The van der Waals surface area contributed by atoms with Crippen LogP contribution in [0, 0.1) is 3.57 Å². The summed E-state index contributed by atoms with van der Waals surface area (Å²) in [5.41, 5.74) is 5.07. The molecule has 0 radical (unpaired) electrons. The topological polar surface area (TPSA) is 101 Å². The molecule has 0 fully saturated rings. The highest BCUT2D eigenvalue weighted by Gasteiger charge is 2.20. The Bertz CT molecular complexity index is 1460. The Labute approximate surface area is 209 Å². The summed E-state index contributed by atoms with van der Waals surface area (Å²) in [5, 5.41) is 23.1. The minimum absolute atomic E-state index is 0.135. The number of ether oxygens (including phenoxy) is 1. The van der Waals surface area contributed by atoms with Crippen molar-refractivity contribution >= 4 is 45.4 Å². The number of hydrogen-bond donors (Lipinski definition) is 3. The Morgan fingerprint density at radius 3 is 2.62 bits per heavy atom. The number of carbonyl (C=O) groups excluding carboxylic acids is 1. The number of phenols is 1. The van der Waals surface area contributed by atoms with Crippen LogP contribution in [0.5, 0.6) is 11.5 Å². The van der Waals surface area contributed by atoms with Gasteiger partial charge in [-0.25, -0.2) is 4.79 Å². The summed E-state index contributed by atoms with van der Waals surface area (Å²) in [7, 11) is 1.86. The van der Waals surface area contributed by atoms with E-state index >= 15 is 0 Å². The summed E-state index contributed by atoms with van der Waals surface area (Å²) < 4.78 is 8.37. The van der Waals surface area contributed by atoms with Crippen molar-refractivity contribution in [3.05, 3.63) is 80.4 Å². The molecule has 1 aliphatic rings. The second kappa shape index (κ2) is 8.68. The highest BCUT2D eigenvalue weighted by molar-refractivity contribution is 14.1. The summed E-state index contributed by atoms with van der Waals surface area (Å²) in [5.74, 6) is -0.728. The van der Waals surface area contributed by atoms with Gasteiger partial charge in [0.2, 0.25) is 0 Å². The predicted octanol–water partition coefficient (Wildman–Crippen LogP) is 4.72. The van der Waals surface area contributed by atoms with Gasteiger partial charge in [-0.15, -0.1) is 0 Å². The Hall–Kier alpha value is -3.53. The minimum Gasteiger partial charge on any atom is -0.507 e. The zero-order chi connectivity index (χ0) is 24.0. The molecule has 1 amide bonds. The zero-order valence-corrected chi connectivity index (χ0v) is 20.4. The molecule has 7 nitrogen and oxygen atoms in total. The fourth-order valence-corrected chi connectivity index (χ4v) is 5.41. The van der Waals surface area contributed by atoms with Gasteiger partial charge >= 0.3 is 5.97 Å². The Kier molecular flexibility index (Phi) is 5.68. The number of aromatic hydroxyl groups is 1. The lowest BCUT2D eigenvalue weighted by atomic mass is 10.1. The van der Waals surface area contributed by atoms with E-state index in [1.807, 2.05) is 41.9 Å². The van der Waals surface area contributed by atoms with E-state index in [-0.39, 0.29) is 17.2 Å². The first-order valence-corrected chi connectivity index (χ1v) is 11.8. The molecule has 2 heterocycles. The number of carbonyl (C=O) groups is 2. The van der Waals surface area contributed by atoms with Crippen LogP contribution in [0.1, 0.15) is 31.8 Å². The van der Waals surface area contributed by atoms with Gasteiger partial charge < -0.3 is 24.8 Å². The van der Waals surface area contributed by atoms with Crippen molar-refractivity contribution in [3.8, 4) is 22.8 Å². The molecule has 8 heteroatoms. The SMILES string of the molecule is Cn1c(-c2ccc(C(=O)NCc3ccc4c(c3)OCC4)cc2)c(I)c2cc(C(=O)O)c(O)cc21. The molecule has 0 aliphatic carbocycles. The van der Waals surface area contributed by atoms with Crippen molar-refractivity contribution in [1.82, 2.24) is 9.88 Å². The Morgan fingerprint density at radius 1 is 1.12 bits per heavy atom. The average molecular weight is 568 g/mol. The van der Waals surface area contributed by atoms with E-state index in [4.69, 9.17) is 4.74 Å². The van der Waals surface area contributed by atoms with Crippen molar-refractivity contribution < 1.29 is 24.5 Å². The molecule has 34 heavy (non-hydrogen) atoms. The molecule has 0 unspecified atom stereocenters. The molecule has 0 atom stereocenters. The molecule has 3 aromatic carbocycles. The first-order chi connectivity index (χ1) is 16.3. The van der Waals surface area contributed by atoms with E-state index in [1.54, 1.807) is 12.1 Å². The van der Waals surface area contributed by atoms with Crippen molar-refractivity contribution in [2.24, 2.45) is 7.05 Å². The van der Waals surface area contributed by atoms with Crippen molar-refractivity contribution in [2.45, 2.75) is 13.0 Å². The summed E-state index contributed by atoms with van der Waals surface area (Å²) in [4.78, 5) is 24.1. The normalized spacial score (nSPS) is 12.4. The van der Waals surface area contributed by atoms with Crippen LogP contribution in [0.2, 0.25) is 0 Å². The van der Waals surface area contributed by atoms with Gasteiger partial charge in [0.25, 0.3) is 5.91 Å². The van der Waals surface area contributed by atoms with Crippen LogP contribution < -0.4 is 10.1 Å². The lowest BCUT2D eigenvalue weighted by molar-refractivity contribution is 0.0693. The van der Waals surface area contributed by atoms with E-state index in [0.717, 1.165) is 43.5 Å². The molecule has 4 aromatic rings. The summed E-state index contributed by atoms with van der Waals surface area (Å²) in [6.45, 7) is 1.11.